The van der Waals surface area contributed by atoms with Crippen molar-refractivity contribution in [3.63, 3.8) is 0 Å². The summed E-state index contributed by atoms with van der Waals surface area (Å²) in [5.74, 6) is 0.486. The molecule has 0 bridgehead atoms. The average Bonchev–Trinajstić information content (AvgIpc) is 3.25. The molecule has 1 atom stereocenters. The second-order valence-electron chi connectivity index (χ2n) is 9.01. The lowest BCUT2D eigenvalue weighted by molar-refractivity contribution is 0.755. The zero-order valence-electron chi connectivity index (χ0n) is 24.5. The third kappa shape index (κ3) is 5.80. The Morgan fingerprint density at radius 3 is 1.78 bits per heavy atom. The Balaban J connectivity index is 0.00000115. The summed E-state index contributed by atoms with van der Waals surface area (Å²) in [4.78, 5) is 0. The molecule has 0 aliphatic heterocycles. The Kier molecular flexibility index (Phi) is 11.6. The van der Waals surface area contributed by atoms with Crippen LogP contribution in [0.15, 0.2) is 120 Å². The molecule has 1 aliphatic carbocycles. The molecule has 0 saturated heterocycles. The Bertz CT molecular complexity index is 1250. The SMILES string of the molecule is C/C=C\C(=C/C)C1(C(/C=C\C(C)C)=C/C)c2ccccc2-c2ccc(-c3ccccc3)cc21.CC.CC. The number of hydrogen-bond donors (Lipinski definition) is 0. The highest BCUT2D eigenvalue weighted by molar-refractivity contribution is 5.89. The third-order valence-corrected chi connectivity index (χ3v) is 6.65. The van der Waals surface area contributed by atoms with Crippen LogP contribution < -0.4 is 0 Å². The van der Waals surface area contributed by atoms with Gasteiger partial charge in [-0.25, -0.2) is 0 Å². The van der Waals surface area contributed by atoms with Gasteiger partial charge < -0.3 is 0 Å². The molecule has 4 rings (SSSR count). The first-order valence-electron chi connectivity index (χ1n) is 14.0. The first-order valence-corrected chi connectivity index (χ1v) is 14.0. The Hall–Kier alpha value is -3.38. The van der Waals surface area contributed by atoms with Crippen molar-refractivity contribution in [1.29, 1.82) is 0 Å². The van der Waals surface area contributed by atoms with Gasteiger partial charge in [-0.15, -0.1) is 0 Å². The quantitative estimate of drug-likeness (QED) is 0.301. The van der Waals surface area contributed by atoms with Gasteiger partial charge in [0.1, 0.15) is 0 Å². The molecule has 0 heteroatoms. The molecule has 3 aromatic rings. The van der Waals surface area contributed by atoms with Crippen LogP contribution in [-0.2, 0) is 5.41 Å². The van der Waals surface area contributed by atoms with Gasteiger partial charge in [0, 0.05) is 0 Å². The van der Waals surface area contributed by atoms with Gasteiger partial charge in [0.2, 0.25) is 0 Å². The predicted octanol–water partition coefficient (Wildman–Crippen LogP) is 11.4. The molecule has 1 unspecified atom stereocenters. The van der Waals surface area contributed by atoms with E-state index in [9.17, 15) is 0 Å². The van der Waals surface area contributed by atoms with Crippen LogP contribution in [0.4, 0.5) is 0 Å². The van der Waals surface area contributed by atoms with E-state index in [-0.39, 0.29) is 5.41 Å². The summed E-state index contributed by atoms with van der Waals surface area (Å²) < 4.78 is 0. The molecule has 194 valence electrons. The molecule has 0 heterocycles. The Morgan fingerprint density at radius 2 is 1.19 bits per heavy atom. The minimum atomic E-state index is -0.349. The van der Waals surface area contributed by atoms with Crippen molar-refractivity contribution in [2.45, 2.75) is 67.7 Å². The molecular formula is C37H46. The number of allylic oxidation sites excluding steroid dienone is 8. The summed E-state index contributed by atoms with van der Waals surface area (Å²) in [7, 11) is 0. The summed E-state index contributed by atoms with van der Waals surface area (Å²) >= 11 is 0. The number of fused-ring (bicyclic) bond motifs is 3. The summed E-state index contributed by atoms with van der Waals surface area (Å²) in [6, 6.07) is 26.7. The van der Waals surface area contributed by atoms with Crippen LogP contribution >= 0.6 is 0 Å². The second kappa shape index (κ2) is 14.4. The summed E-state index contributed by atoms with van der Waals surface area (Å²) in [5, 5.41) is 0. The normalized spacial score (nSPS) is 16.7. The minimum absolute atomic E-state index is 0.349. The average molecular weight is 491 g/mol. The van der Waals surface area contributed by atoms with Gasteiger partial charge in [0.05, 0.1) is 5.41 Å². The Labute approximate surface area is 227 Å². The molecule has 3 aromatic carbocycles. The van der Waals surface area contributed by atoms with Gasteiger partial charge in [-0.3, -0.25) is 0 Å². The van der Waals surface area contributed by atoms with Crippen molar-refractivity contribution in [3.8, 4) is 22.3 Å². The largest absolute Gasteiger partial charge is 0.0873 e. The molecule has 0 amide bonds. The number of benzene rings is 3. The van der Waals surface area contributed by atoms with Gasteiger partial charge in [0.25, 0.3) is 0 Å². The topological polar surface area (TPSA) is 0 Å². The zero-order valence-corrected chi connectivity index (χ0v) is 24.5. The fourth-order valence-electron chi connectivity index (χ4n) is 5.23. The van der Waals surface area contributed by atoms with Crippen LogP contribution in [0.5, 0.6) is 0 Å². The third-order valence-electron chi connectivity index (χ3n) is 6.65. The Morgan fingerprint density at radius 1 is 0.622 bits per heavy atom. The van der Waals surface area contributed by atoms with E-state index in [0.717, 1.165) is 0 Å². The molecule has 0 N–H and O–H groups in total. The van der Waals surface area contributed by atoms with E-state index < -0.39 is 0 Å². The van der Waals surface area contributed by atoms with Crippen LogP contribution in [0.25, 0.3) is 22.3 Å². The number of hydrogen-bond acceptors (Lipinski definition) is 0. The molecule has 37 heavy (non-hydrogen) atoms. The minimum Gasteiger partial charge on any atom is -0.0873 e. The molecule has 0 fully saturated rings. The summed E-state index contributed by atoms with van der Waals surface area (Å²) in [6.07, 6.45) is 13.7. The van der Waals surface area contributed by atoms with Crippen molar-refractivity contribution >= 4 is 0 Å². The van der Waals surface area contributed by atoms with Crippen LogP contribution in [-0.4, -0.2) is 0 Å². The first-order chi connectivity index (χ1) is 18.1. The zero-order chi connectivity index (χ0) is 27.4. The molecule has 1 aliphatic rings. The van der Waals surface area contributed by atoms with Crippen LogP contribution in [0.3, 0.4) is 0 Å². The van der Waals surface area contributed by atoms with Gasteiger partial charge in [-0.1, -0.05) is 145 Å². The van der Waals surface area contributed by atoms with Crippen LogP contribution in [0.2, 0.25) is 0 Å². The molecule has 0 saturated carbocycles. The first kappa shape index (κ1) is 29.8. The monoisotopic (exact) mass is 490 g/mol. The van der Waals surface area contributed by atoms with E-state index in [4.69, 9.17) is 0 Å². The van der Waals surface area contributed by atoms with Crippen molar-refractivity contribution < 1.29 is 0 Å². The van der Waals surface area contributed by atoms with E-state index in [1.807, 2.05) is 27.7 Å². The van der Waals surface area contributed by atoms with Crippen molar-refractivity contribution in [1.82, 2.24) is 0 Å². The van der Waals surface area contributed by atoms with Crippen LogP contribution in [0, 0.1) is 5.92 Å². The smallest absolute Gasteiger partial charge is 0.0707 e. The highest BCUT2D eigenvalue weighted by atomic mass is 14.5. The lowest BCUT2D eigenvalue weighted by Crippen LogP contribution is -2.29. The van der Waals surface area contributed by atoms with Crippen molar-refractivity contribution in [3.05, 3.63) is 132 Å². The maximum absolute atomic E-state index is 2.42. The van der Waals surface area contributed by atoms with E-state index >= 15 is 0 Å². The van der Waals surface area contributed by atoms with Gasteiger partial charge in [-0.2, -0.15) is 0 Å². The molecule has 0 nitrogen and oxygen atoms in total. The maximum atomic E-state index is 2.42. The highest BCUT2D eigenvalue weighted by Crippen LogP contribution is 2.57. The van der Waals surface area contributed by atoms with Gasteiger partial charge in [0.15, 0.2) is 0 Å². The second-order valence-corrected chi connectivity index (χ2v) is 9.01. The number of rotatable bonds is 6. The van der Waals surface area contributed by atoms with Crippen molar-refractivity contribution in [2.75, 3.05) is 0 Å². The summed E-state index contributed by atoms with van der Waals surface area (Å²) in [5.41, 5.74) is 10.2. The van der Waals surface area contributed by atoms with Crippen molar-refractivity contribution in [2.24, 2.45) is 5.92 Å². The lowest BCUT2D eigenvalue weighted by atomic mass is 9.66. The lowest BCUT2D eigenvalue weighted by Gasteiger charge is -2.36. The molecule has 0 aromatic heterocycles. The van der Waals surface area contributed by atoms with E-state index in [2.05, 4.69) is 144 Å². The van der Waals surface area contributed by atoms with E-state index in [1.165, 1.54) is 44.5 Å². The molecular weight excluding hydrogens is 444 g/mol. The molecule has 0 spiro atoms. The maximum Gasteiger partial charge on any atom is 0.0707 e. The molecule has 0 radical (unpaired) electrons. The standard InChI is InChI=1S/C33H34.2C2H6/c1-6-14-27(7-2)33(28(8-3)21-19-24(4)5)31-18-13-12-17-29(31)30-22-20-26(23-32(30)33)25-15-10-9-11-16-25;2*1-2/h6-24H,1-5H3;2*1-2H3/b14-6-,21-19-,27-7+,28-8+;;. The van der Waals surface area contributed by atoms with Crippen LogP contribution in [0.1, 0.15) is 73.4 Å². The fraction of sp³-hybridized carbons (Fsp3) is 0.297. The predicted molar refractivity (Wildman–Crippen MR) is 167 cm³/mol. The van der Waals surface area contributed by atoms with E-state index in [0.29, 0.717) is 5.92 Å². The van der Waals surface area contributed by atoms with Gasteiger partial charge >= 0.3 is 0 Å². The fourth-order valence-corrected chi connectivity index (χ4v) is 5.23. The van der Waals surface area contributed by atoms with Gasteiger partial charge in [-0.05, 0) is 77.3 Å². The summed E-state index contributed by atoms with van der Waals surface area (Å²) in [6.45, 7) is 18.9. The highest BCUT2D eigenvalue weighted by Gasteiger charge is 2.46. The van der Waals surface area contributed by atoms with E-state index in [1.54, 1.807) is 0 Å².